The first-order valence-electron chi connectivity index (χ1n) is 7.40. The molecule has 1 atom stereocenters. The zero-order valence-electron chi connectivity index (χ0n) is 13.0. The van der Waals surface area contributed by atoms with Crippen LogP contribution in [0, 0.1) is 0 Å². The summed E-state index contributed by atoms with van der Waals surface area (Å²) in [6.45, 7) is 5.09. The van der Waals surface area contributed by atoms with Gasteiger partial charge in [-0.3, -0.25) is 0 Å². The van der Waals surface area contributed by atoms with Gasteiger partial charge in [-0.05, 0) is 44.4 Å². The Hall–Kier alpha value is -0.470. The first-order chi connectivity index (χ1) is 9.96. The van der Waals surface area contributed by atoms with Crippen LogP contribution >= 0.6 is 11.3 Å². The van der Waals surface area contributed by atoms with Gasteiger partial charge in [0.1, 0.15) is 0 Å². The van der Waals surface area contributed by atoms with E-state index in [0.29, 0.717) is 24.0 Å². The Morgan fingerprint density at radius 1 is 1.52 bits per heavy atom. The lowest BCUT2D eigenvalue weighted by atomic mass is 10.2. The summed E-state index contributed by atoms with van der Waals surface area (Å²) in [5.74, 6) is 0. The molecule has 1 aliphatic rings. The third-order valence-electron chi connectivity index (χ3n) is 4.07. The monoisotopic (exact) mass is 331 g/mol. The van der Waals surface area contributed by atoms with Gasteiger partial charge in [-0.1, -0.05) is 6.92 Å². The van der Waals surface area contributed by atoms with Crippen molar-refractivity contribution >= 4 is 21.4 Å². The second-order valence-electron chi connectivity index (χ2n) is 5.55. The molecule has 1 N–H and O–H groups in total. The van der Waals surface area contributed by atoms with E-state index in [0.717, 1.165) is 30.8 Å². The zero-order chi connectivity index (χ0) is 15.5. The van der Waals surface area contributed by atoms with E-state index in [1.807, 2.05) is 12.3 Å². The molecule has 0 saturated carbocycles. The van der Waals surface area contributed by atoms with E-state index in [4.69, 9.17) is 0 Å². The number of rotatable bonds is 7. The number of sulfonamides is 1. The van der Waals surface area contributed by atoms with Crippen LogP contribution in [-0.2, 0) is 16.6 Å². The summed E-state index contributed by atoms with van der Waals surface area (Å²) in [4.78, 5) is 3.60. The molecule has 0 aliphatic carbocycles. The van der Waals surface area contributed by atoms with Gasteiger partial charge < -0.3 is 10.2 Å². The van der Waals surface area contributed by atoms with Crippen LogP contribution in [0.1, 0.15) is 24.6 Å². The maximum Gasteiger partial charge on any atom is 0.244 e. The lowest BCUT2D eigenvalue weighted by molar-refractivity contribution is 0.271. The Morgan fingerprint density at radius 2 is 2.29 bits per heavy atom. The molecule has 0 radical (unpaired) electrons. The van der Waals surface area contributed by atoms with E-state index in [1.165, 1.54) is 15.6 Å². The second-order valence-corrected chi connectivity index (χ2v) is 8.56. The predicted molar refractivity (Wildman–Crippen MR) is 87.2 cm³/mol. The smallest absolute Gasteiger partial charge is 0.244 e. The van der Waals surface area contributed by atoms with Crippen molar-refractivity contribution in [2.24, 2.45) is 0 Å². The van der Waals surface area contributed by atoms with Crippen molar-refractivity contribution in [3.05, 3.63) is 16.3 Å². The maximum absolute atomic E-state index is 12.8. The molecule has 2 rings (SSSR count). The molecule has 2 heterocycles. The van der Waals surface area contributed by atoms with Crippen LogP contribution < -0.4 is 5.32 Å². The summed E-state index contributed by atoms with van der Waals surface area (Å²) in [6.07, 6.45) is 2.23. The Morgan fingerprint density at radius 3 is 2.90 bits per heavy atom. The minimum atomic E-state index is -3.39. The van der Waals surface area contributed by atoms with Crippen LogP contribution in [0.4, 0.5) is 0 Å². The highest BCUT2D eigenvalue weighted by atomic mass is 32.2. The Bertz CT molecular complexity index is 556. The number of likely N-dealkylation sites (tertiary alicyclic amines) is 1. The highest BCUT2D eigenvalue weighted by Gasteiger charge is 2.29. The van der Waals surface area contributed by atoms with Crippen molar-refractivity contribution in [3.63, 3.8) is 0 Å². The summed E-state index contributed by atoms with van der Waals surface area (Å²) >= 11 is 1.50. The number of nitrogens with zero attached hydrogens (tertiary/aromatic N) is 2. The van der Waals surface area contributed by atoms with E-state index in [9.17, 15) is 8.42 Å². The highest BCUT2D eigenvalue weighted by Crippen LogP contribution is 2.26. The molecular formula is C14H25N3O2S2. The summed E-state index contributed by atoms with van der Waals surface area (Å²) in [5.41, 5.74) is 0. The molecule has 0 bridgehead atoms. The van der Waals surface area contributed by atoms with Gasteiger partial charge in [0.05, 0.1) is 4.90 Å². The minimum Gasteiger partial charge on any atom is -0.312 e. The number of hydrogen-bond acceptors (Lipinski definition) is 5. The van der Waals surface area contributed by atoms with Gasteiger partial charge >= 0.3 is 0 Å². The lowest BCUT2D eigenvalue weighted by Gasteiger charge is -2.25. The molecule has 0 aromatic carbocycles. The largest absolute Gasteiger partial charge is 0.312 e. The quantitative estimate of drug-likeness (QED) is 0.824. The topological polar surface area (TPSA) is 52.7 Å². The van der Waals surface area contributed by atoms with Crippen LogP contribution in [0.5, 0.6) is 0 Å². The molecule has 1 saturated heterocycles. The molecule has 1 unspecified atom stereocenters. The first kappa shape index (κ1) is 16.9. The molecule has 0 spiro atoms. The average molecular weight is 332 g/mol. The third-order valence-corrected chi connectivity index (χ3v) is 7.03. The Balaban J connectivity index is 2.11. The number of hydrogen-bond donors (Lipinski definition) is 1. The Labute approximate surface area is 132 Å². The Kier molecular flexibility index (Phi) is 5.79. The van der Waals surface area contributed by atoms with Gasteiger partial charge in [-0.25, -0.2) is 8.42 Å². The van der Waals surface area contributed by atoms with Crippen molar-refractivity contribution in [1.82, 2.24) is 14.5 Å². The zero-order valence-corrected chi connectivity index (χ0v) is 14.6. The SMILES string of the molecule is CCNCc1sccc1S(=O)(=O)N(C)CC1CCCN1C. The summed E-state index contributed by atoms with van der Waals surface area (Å²) in [6, 6.07) is 2.06. The first-order valence-corrected chi connectivity index (χ1v) is 9.72. The summed E-state index contributed by atoms with van der Waals surface area (Å²) < 4.78 is 27.0. The van der Waals surface area contributed by atoms with Crippen molar-refractivity contribution in [1.29, 1.82) is 0 Å². The average Bonchev–Trinajstić information content (AvgIpc) is 3.06. The molecule has 7 heteroatoms. The fraction of sp³-hybridized carbons (Fsp3) is 0.714. The van der Waals surface area contributed by atoms with Crippen molar-refractivity contribution in [2.45, 2.75) is 37.2 Å². The molecule has 1 aromatic rings. The predicted octanol–water partition coefficient (Wildman–Crippen LogP) is 1.57. The van der Waals surface area contributed by atoms with Crippen LogP contribution in [0.3, 0.4) is 0 Å². The van der Waals surface area contributed by atoms with E-state index in [2.05, 4.69) is 17.3 Å². The molecule has 0 amide bonds. The maximum atomic E-state index is 12.8. The van der Waals surface area contributed by atoms with E-state index < -0.39 is 10.0 Å². The number of nitrogens with one attached hydrogen (secondary N) is 1. The molecule has 5 nitrogen and oxygen atoms in total. The van der Waals surface area contributed by atoms with Crippen molar-refractivity contribution < 1.29 is 8.42 Å². The van der Waals surface area contributed by atoms with E-state index in [-0.39, 0.29) is 0 Å². The van der Waals surface area contributed by atoms with Crippen LogP contribution in [-0.4, -0.2) is 57.4 Å². The van der Waals surface area contributed by atoms with Crippen molar-refractivity contribution in [2.75, 3.05) is 33.7 Å². The second kappa shape index (κ2) is 7.19. The van der Waals surface area contributed by atoms with Gasteiger partial charge in [0.25, 0.3) is 0 Å². The molecule has 1 aliphatic heterocycles. The summed E-state index contributed by atoms with van der Waals surface area (Å²) in [7, 11) is 0.369. The van der Waals surface area contributed by atoms with Crippen LogP contribution in [0.25, 0.3) is 0 Å². The molecule has 1 fully saturated rings. The van der Waals surface area contributed by atoms with Gasteiger partial charge in [-0.2, -0.15) is 4.31 Å². The standard InChI is InChI=1S/C14H25N3O2S2/c1-4-15-10-13-14(7-9-20-13)21(18,19)17(3)11-12-6-5-8-16(12)2/h7,9,12,15H,4-6,8,10-11H2,1-3H3. The van der Waals surface area contributed by atoms with Crippen molar-refractivity contribution in [3.8, 4) is 0 Å². The molecular weight excluding hydrogens is 306 g/mol. The van der Waals surface area contributed by atoms with E-state index >= 15 is 0 Å². The fourth-order valence-corrected chi connectivity index (χ4v) is 5.29. The van der Waals surface area contributed by atoms with Gasteiger partial charge in [0.15, 0.2) is 0 Å². The normalized spacial score (nSPS) is 20.5. The highest BCUT2D eigenvalue weighted by molar-refractivity contribution is 7.89. The molecule has 1 aromatic heterocycles. The molecule has 21 heavy (non-hydrogen) atoms. The van der Waals surface area contributed by atoms with Crippen LogP contribution in [0.2, 0.25) is 0 Å². The summed E-state index contributed by atoms with van der Waals surface area (Å²) in [5, 5.41) is 5.06. The lowest BCUT2D eigenvalue weighted by Crippen LogP contribution is -2.39. The van der Waals surface area contributed by atoms with Gasteiger partial charge in [0, 0.05) is 31.1 Å². The number of likely N-dealkylation sites (N-methyl/N-ethyl adjacent to an activating group) is 2. The molecule has 120 valence electrons. The number of thiophene rings is 1. The van der Waals surface area contributed by atoms with Gasteiger partial charge in [0.2, 0.25) is 10.0 Å². The van der Waals surface area contributed by atoms with E-state index in [1.54, 1.807) is 13.1 Å². The van der Waals surface area contributed by atoms with Gasteiger partial charge in [-0.15, -0.1) is 11.3 Å². The third kappa shape index (κ3) is 3.84. The fourth-order valence-electron chi connectivity index (χ4n) is 2.70. The van der Waals surface area contributed by atoms with Crippen LogP contribution in [0.15, 0.2) is 16.3 Å². The minimum absolute atomic E-state index is 0.334.